The Morgan fingerprint density at radius 1 is 0.633 bits per heavy atom. The highest BCUT2D eigenvalue weighted by Gasteiger charge is 2.63. The van der Waals surface area contributed by atoms with Gasteiger partial charge in [0.1, 0.15) is 12.6 Å². The first-order chi connectivity index (χ1) is 14.2. The lowest BCUT2D eigenvalue weighted by atomic mass is 10.1. The minimum atomic E-state index is -0.267. The number of hydrogen-bond acceptors (Lipinski definition) is 6. The molecule has 0 aromatic rings. The topological polar surface area (TPSA) is 86.7 Å². The van der Waals surface area contributed by atoms with Crippen LogP contribution in [0.4, 0.5) is 0 Å². The van der Waals surface area contributed by atoms with E-state index < -0.39 is 0 Å². The quantitative estimate of drug-likeness (QED) is 0.224. The zero-order chi connectivity index (χ0) is 22.4. The lowest BCUT2D eigenvalue weighted by Crippen LogP contribution is -2.11. The van der Waals surface area contributed by atoms with Crippen LogP contribution >= 0.6 is 0 Å². The van der Waals surface area contributed by atoms with Crippen LogP contribution < -0.4 is 0 Å². The molecule has 2 saturated carbocycles. The summed E-state index contributed by atoms with van der Waals surface area (Å²) in [5, 5.41) is 0. The Hall–Kier alpha value is -1.72. The maximum absolute atomic E-state index is 12.0. The van der Waals surface area contributed by atoms with Crippen molar-refractivity contribution in [3.05, 3.63) is 0 Å². The van der Waals surface area contributed by atoms with Crippen LogP contribution in [-0.2, 0) is 28.7 Å². The zero-order valence-electron chi connectivity index (χ0n) is 19.0. The number of carbonyl (C=O) groups is 4. The van der Waals surface area contributed by atoms with Crippen molar-refractivity contribution in [3.63, 3.8) is 0 Å². The SMILES string of the molecule is CC1(C)[C@H](C(=O)OCCCCCCCCCCOC(=O)[C@@H]2[C@H](C=O)C2(C)C)[C@@H]1C=O. The largest absolute Gasteiger partial charge is 0.465 e. The van der Waals surface area contributed by atoms with E-state index in [0.29, 0.717) is 13.2 Å². The van der Waals surface area contributed by atoms with Gasteiger partial charge in [0.25, 0.3) is 0 Å². The predicted molar refractivity (Wildman–Crippen MR) is 113 cm³/mol. The number of carbonyl (C=O) groups excluding carboxylic acids is 4. The number of ether oxygens (including phenoxy) is 2. The van der Waals surface area contributed by atoms with Crippen molar-refractivity contribution < 1.29 is 28.7 Å². The number of hydrogen-bond donors (Lipinski definition) is 0. The summed E-state index contributed by atoms with van der Waals surface area (Å²) >= 11 is 0. The molecule has 0 radical (unpaired) electrons. The monoisotopic (exact) mass is 422 g/mol. The fourth-order valence-corrected chi connectivity index (χ4v) is 4.55. The second kappa shape index (κ2) is 10.5. The summed E-state index contributed by atoms with van der Waals surface area (Å²) in [6.45, 7) is 8.59. The maximum atomic E-state index is 12.0. The van der Waals surface area contributed by atoms with Gasteiger partial charge >= 0.3 is 11.9 Å². The van der Waals surface area contributed by atoms with E-state index in [2.05, 4.69) is 0 Å². The van der Waals surface area contributed by atoms with E-state index in [0.717, 1.165) is 63.9 Å². The van der Waals surface area contributed by atoms with E-state index in [-0.39, 0.29) is 46.4 Å². The van der Waals surface area contributed by atoms with Crippen molar-refractivity contribution in [3.8, 4) is 0 Å². The molecule has 170 valence electrons. The van der Waals surface area contributed by atoms with E-state index in [1.54, 1.807) is 0 Å². The van der Waals surface area contributed by atoms with Crippen LogP contribution in [0.15, 0.2) is 0 Å². The fourth-order valence-electron chi connectivity index (χ4n) is 4.55. The summed E-state index contributed by atoms with van der Waals surface area (Å²) in [4.78, 5) is 45.8. The molecule has 0 saturated heterocycles. The fraction of sp³-hybridized carbons (Fsp3) is 0.833. The van der Waals surface area contributed by atoms with Crippen molar-refractivity contribution in [1.29, 1.82) is 0 Å². The number of unbranched alkanes of at least 4 members (excludes halogenated alkanes) is 7. The molecular formula is C24H38O6. The first-order valence-corrected chi connectivity index (χ1v) is 11.4. The molecular weight excluding hydrogens is 384 g/mol. The molecule has 0 aromatic heterocycles. The third-order valence-corrected chi connectivity index (χ3v) is 7.15. The van der Waals surface area contributed by atoms with Gasteiger partial charge in [-0.15, -0.1) is 0 Å². The smallest absolute Gasteiger partial charge is 0.310 e. The molecule has 30 heavy (non-hydrogen) atoms. The van der Waals surface area contributed by atoms with Gasteiger partial charge in [0, 0.05) is 11.8 Å². The van der Waals surface area contributed by atoms with Gasteiger partial charge in [-0.3, -0.25) is 9.59 Å². The first kappa shape index (κ1) is 24.5. The van der Waals surface area contributed by atoms with Crippen LogP contribution in [0.5, 0.6) is 0 Å². The molecule has 0 amide bonds. The van der Waals surface area contributed by atoms with Crippen LogP contribution in [0, 0.1) is 34.5 Å². The van der Waals surface area contributed by atoms with Crippen LogP contribution in [-0.4, -0.2) is 37.7 Å². The van der Waals surface area contributed by atoms with Crippen LogP contribution in [0.1, 0.15) is 79.1 Å². The van der Waals surface area contributed by atoms with E-state index in [1.807, 2.05) is 27.7 Å². The summed E-state index contributed by atoms with van der Waals surface area (Å²) < 4.78 is 10.6. The van der Waals surface area contributed by atoms with Crippen LogP contribution in [0.2, 0.25) is 0 Å². The van der Waals surface area contributed by atoms with Gasteiger partial charge in [0.15, 0.2) is 0 Å². The molecule has 4 atom stereocenters. The van der Waals surface area contributed by atoms with Gasteiger partial charge in [-0.1, -0.05) is 66.2 Å². The van der Waals surface area contributed by atoms with Gasteiger partial charge in [0.2, 0.25) is 0 Å². The van der Waals surface area contributed by atoms with Gasteiger partial charge in [0.05, 0.1) is 25.0 Å². The standard InChI is InChI=1S/C24H38O6/c1-23(2)17(15-25)19(23)21(27)29-13-11-9-7-5-6-8-10-12-14-30-22(28)20-18(16-26)24(20,3)4/h15-20H,5-14H2,1-4H3/t17-,18-,19-,20-/m0/s1. The maximum Gasteiger partial charge on any atom is 0.310 e. The molecule has 0 bridgehead atoms. The molecule has 6 heteroatoms. The predicted octanol–water partition coefficient (Wildman–Crippen LogP) is 4.14. The van der Waals surface area contributed by atoms with E-state index in [1.165, 1.54) is 0 Å². The molecule has 0 unspecified atom stereocenters. The summed E-state index contributed by atoms with van der Waals surface area (Å²) in [5.74, 6) is -1.38. The Balaban J connectivity index is 1.36. The Kier molecular flexibility index (Phi) is 8.62. The minimum absolute atomic E-state index is 0.192. The number of rotatable bonds is 15. The summed E-state index contributed by atoms with van der Waals surface area (Å²) in [6.07, 6.45) is 10.0. The van der Waals surface area contributed by atoms with Crippen molar-refractivity contribution in [1.82, 2.24) is 0 Å². The molecule has 0 heterocycles. The number of aldehydes is 2. The van der Waals surface area contributed by atoms with Crippen molar-refractivity contribution in [2.24, 2.45) is 34.5 Å². The molecule has 0 aromatic carbocycles. The van der Waals surface area contributed by atoms with Gasteiger partial charge in [-0.25, -0.2) is 0 Å². The molecule has 2 aliphatic rings. The zero-order valence-corrected chi connectivity index (χ0v) is 19.0. The van der Waals surface area contributed by atoms with Crippen molar-refractivity contribution in [2.75, 3.05) is 13.2 Å². The lowest BCUT2D eigenvalue weighted by molar-refractivity contribution is -0.147. The van der Waals surface area contributed by atoms with Crippen LogP contribution in [0.3, 0.4) is 0 Å². The Morgan fingerprint density at radius 3 is 1.20 bits per heavy atom. The average Bonchev–Trinajstić information content (AvgIpc) is 3.48. The second-order valence-electron chi connectivity index (χ2n) is 10.1. The van der Waals surface area contributed by atoms with E-state index in [9.17, 15) is 19.2 Å². The van der Waals surface area contributed by atoms with Crippen molar-refractivity contribution in [2.45, 2.75) is 79.1 Å². The van der Waals surface area contributed by atoms with Gasteiger partial charge in [-0.2, -0.15) is 0 Å². The van der Waals surface area contributed by atoms with E-state index >= 15 is 0 Å². The molecule has 2 fully saturated rings. The Bertz CT molecular complexity index is 569. The number of esters is 2. The second-order valence-corrected chi connectivity index (χ2v) is 10.1. The lowest BCUT2D eigenvalue weighted by Gasteiger charge is -2.07. The molecule has 0 N–H and O–H groups in total. The van der Waals surface area contributed by atoms with Gasteiger partial charge in [-0.05, 0) is 23.7 Å². The molecule has 6 nitrogen and oxygen atoms in total. The normalized spacial score (nSPS) is 27.7. The van der Waals surface area contributed by atoms with Crippen molar-refractivity contribution >= 4 is 24.5 Å². The molecule has 0 aliphatic heterocycles. The molecule has 0 spiro atoms. The first-order valence-electron chi connectivity index (χ1n) is 11.4. The highest BCUT2D eigenvalue weighted by atomic mass is 16.5. The van der Waals surface area contributed by atoms with Crippen LogP contribution in [0.25, 0.3) is 0 Å². The Labute approximate surface area is 180 Å². The summed E-state index contributed by atoms with van der Waals surface area (Å²) in [6, 6.07) is 0. The molecule has 2 rings (SSSR count). The summed E-state index contributed by atoms with van der Waals surface area (Å²) in [5.41, 5.74) is -0.493. The minimum Gasteiger partial charge on any atom is -0.465 e. The van der Waals surface area contributed by atoms with E-state index in [4.69, 9.17) is 9.47 Å². The van der Waals surface area contributed by atoms with Gasteiger partial charge < -0.3 is 19.1 Å². The molecule has 2 aliphatic carbocycles. The highest BCUT2D eigenvalue weighted by molar-refractivity contribution is 5.84. The Morgan fingerprint density at radius 2 is 0.933 bits per heavy atom. The average molecular weight is 423 g/mol. The summed E-state index contributed by atoms with van der Waals surface area (Å²) in [7, 11) is 0. The highest BCUT2D eigenvalue weighted by Crippen LogP contribution is 2.58. The third-order valence-electron chi connectivity index (χ3n) is 7.15. The third kappa shape index (κ3) is 5.92.